The minimum absolute atomic E-state index is 0.469. The highest BCUT2D eigenvalue weighted by Gasteiger charge is 2.35. The fourth-order valence-electron chi connectivity index (χ4n) is 3.15. The largest absolute Gasteiger partial charge is 0.444 e. The van der Waals surface area contributed by atoms with Crippen LogP contribution < -0.4 is 10.6 Å². The third-order valence-electron chi connectivity index (χ3n) is 4.85. The van der Waals surface area contributed by atoms with E-state index in [1.165, 1.54) is 0 Å². The quantitative estimate of drug-likeness (QED) is 0.430. The Kier molecular flexibility index (Phi) is 8.82. The van der Waals surface area contributed by atoms with Crippen LogP contribution in [0.25, 0.3) is 0 Å². The van der Waals surface area contributed by atoms with Crippen LogP contribution in [0.4, 0.5) is 10.5 Å². The number of terminal acetylenes is 1. The zero-order valence-electron chi connectivity index (χ0n) is 20.1. The van der Waals surface area contributed by atoms with Crippen molar-refractivity contribution in [2.24, 2.45) is 0 Å². The molecule has 0 saturated heterocycles. The summed E-state index contributed by atoms with van der Waals surface area (Å²) >= 11 is 0. The van der Waals surface area contributed by atoms with Crippen LogP contribution in [-0.2, 0) is 14.3 Å². The molecule has 0 aliphatic heterocycles. The second-order valence-corrected chi connectivity index (χ2v) is 8.84. The maximum absolute atomic E-state index is 13.4. The van der Waals surface area contributed by atoms with Crippen molar-refractivity contribution >= 4 is 23.6 Å². The average molecular weight is 466 g/mol. The van der Waals surface area contributed by atoms with Crippen molar-refractivity contribution in [3.05, 3.63) is 65.2 Å². The van der Waals surface area contributed by atoms with Crippen molar-refractivity contribution in [3.63, 3.8) is 0 Å². The van der Waals surface area contributed by atoms with Crippen LogP contribution >= 0.6 is 0 Å². The van der Waals surface area contributed by atoms with Crippen molar-refractivity contribution in [1.82, 2.24) is 10.2 Å². The smallest absolute Gasteiger partial charge is 0.408 e. The Labute approximate surface area is 200 Å². The van der Waals surface area contributed by atoms with Gasteiger partial charge in [0.25, 0.3) is 11.8 Å². The maximum atomic E-state index is 13.4. The van der Waals surface area contributed by atoms with Gasteiger partial charge in [-0.2, -0.15) is 0 Å². The standard InChI is InChI=1S/C26H31N3O5/c1-7-29(24(32)21(16-30)28-25(33)34-26(4,5)6)22(19-14-12-17(2)13-15-19)23(31)27-20-11-9-8-10-18(20)3/h1,8-15,21-22,30H,16H2,2-6H3,(H,27,31)(H,28,33). The van der Waals surface area contributed by atoms with Crippen molar-refractivity contribution in [2.45, 2.75) is 52.3 Å². The number of para-hydroxylation sites is 1. The molecule has 2 aromatic carbocycles. The van der Waals surface area contributed by atoms with E-state index in [0.717, 1.165) is 16.0 Å². The third-order valence-corrected chi connectivity index (χ3v) is 4.85. The van der Waals surface area contributed by atoms with Gasteiger partial charge in [-0.05, 0) is 51.8 Å². The lowest BCUT2D eigenvalue weighted by Crippen LogP contribution is -2.52. The second-order valence-electron chi connectivity index (χ2n) is 8.84. The van der Waals surface area contributed by atoms with Crippen LogP contribution in [0.3, 0.4) is 0 Å². The molecule has 8 heteroatoms. The average Bonchev–Trinajstić information content (AvgIpc) is 2.76. The molecule has 180 valence electrons. The van der Waals surface area contributed by atoms with E-state index in [0.29, 0.717) is 11.3 Å². The topological polar surface area (TPSA) is 108 Å². The molecule has 0 aromatic heterocycles. The first kappa shape index (κ1) is 26.4. The number of ether oxygens (including phenoxy) is 1. The predicted octanol–water partition coefficient (Wildman–Crippen LogP) is 3.29. The first-order valence-electron chi connectivity index (χ1n) is 10.8. The normalized spacial score (nSPS) is 12.6. The van der Waals surface area contributed by atoms with E-state index in [-0.39, 0.29) is 0 Å². The zero-order chi connectivity index (χ0) is 25.5. The summed E-state index contributed by atoms with van der Waals surface area (Å²) in [5.74, 6) is -1.38. The van der Waals surface area contributed by atoms with Crippen LogP contribution in [0.2, 0.25) is 0 Å². The molecule has 8 nitrogen and oxygen atoms in total. The van der Waals surface area contributed by atoms with E-state index < -0.39 is 42.2 Å². The van der Waals surface area contributed by atoms with Gasteiger partial charge in [-0.15, -0.1) is 0 Å². The molecule has 2 unspecified atom stereocenters. The number of amides is 3. The van der Waals surface area contributed by atoms with Crippen molar-refractivity contribution in [1.29, 1.82) is 0 Å². The first-order valence-corrected chi connectivity index (χ1v) is 10.8. The summed E-state index contributed by atoms with van der Waals surface area (Å²) in [5.41, 5.74) is 2.02. The number of carbonyl (C=O) groups excluding carboxylic acids is 3. The molecule has 2 atom stereocenters. The maximum Gasteiger partial charge on any atom is 0.408 e. The van der Waals surface area contributed by atoms with Crippen LogP contribution in [0.5, 0.6) is 0 Å². The van der Waals surface area contributed by atoms with Crippen molar-refractivity contribution < 1.29 is 24.2 Å². The Morgan fingerprint density at radius 2 is 1.71 bits per heavy atom. The van der Waals surface area contributed by atoms with Gasteiger partial charge >= 0.3 is 6.09 Å². The molecule has 0 fully saturated rings. The number of carbonyl (C=O) groups is 3. The molecular weight excluding hydrogens is 434 g/mol. The van der Waals surface area contributed by atoms with E-state index in [9.17, 15) is 19.5 Å². The molecule has 0 heterocycles. The lowest BCUT2D eigenvalue weighted by molar-refractivity contribution is -0.137. The van der Waals surface area contributed by atoms with E-state index in [4.69, 9.17) is 11.2 Å². The fourth-order valence-corrected chi connectivity index (χ4v) is 3.15. The molecule has 0 saturated carbocycles. The lowest BCUT2D eigenvalue weighted by atomic mass is 10.0. The van der Waals surface area contributed by atoms with E-state index in [2.05, 4.69) is 16.7 Å². The predicted molar refractivity (Wildman–Crippen MR) is 130 cm³/mol. The Bertz CT molecular complexity index is 1070. The summed E-state index contributed by atoms with van der Waals surface area (Å²) in [6.45, 7) is 7.99. The molecule has 3 amide bonds. The fraction of sp³-hybridized carbons (Fsp3) is 0.346. The molecule has 0 aliphatic carbocycles. The summed E-state index contributed by atoms with van der Waals surface area (Å²) in [5, 5.41) is 14.9. The van der Waals surface area contributed by atoms with Gasteiger partial charge in [0.15, 0.2) is 0 Å². The molecular formula is C26H31N3O5. The molecule has 0 bridgehead atoms. The molecule has 34 heavy (non-hydrogen) atoms. The monoisotopic (exact) mass is 465 g/mol. The Morgan fingerprint density at radius 1 is 1.09 bits per heavy atom. The number of nitrogens with one attached hydrogen (secondary N) is 2. The number of anilines is 1. The number of aliphatic hydroxyl groups is 1. The molecule has 2 rings (SSSR count). The van der Waals surface area contributed by atoms with Gasteiger partial charge in [0.05, 0.1) is 6.61 Å². The minimum Gasteiger partial charge on any atom is -0.444 e. The summed E-state index contributed by atoms with van der Waals surface area (Å²) < 4.78 is 5.17. The van der Waals surface area contributed by atoms with Crippen molar-refractivity contribution in [2.75, 3.05) is 11.9 Å². The minimum atomic E-state index is -1.41. The summed E-state index contributed by atoms with van der Waals surface area (Å²) in [4.78, 5) is 39.7. The third kappa shape index (κ3) is 7.09. The van der Waals surface area contributed by atoms with Crippen LogP contribution in [0.15, 0.2) is 48.5 Å². The molecule has 0 radical (unpaired) electrons. The van der Waals surface area contributed by atoms with E-state index >= 15 is 0 Å². The highest BCUT2D eigenvalue weighted by molar-refractivity contribution is 6.00. The van der Waals surface area contributed by atoms with Crippen molar-refractivity contribution in [3.8, 4) is 12.5 Å². The highest BCUT2D eigenvalue weighted by atomic mass is 16.6. The number of hydrogen-bond acceptors (Lipinski definition) is 5. The van der Waals surface area contributed by atoms with E-state index in [1.807, 2.05) is 26.0 Å². The Hall–Kier alpha value is -3.83. The summed E-state index contributed by atoms with van der Waals surface area (Å²) in [6.07, 6.45) is 4.78. The van der Waals surface area contributed by atoms with Gasteiger partial charge in [-0.3, -0.25) is 14.5 Å². The van der Waals surface area contributed by atoms with E-state index in [1.54, 1.807) is 57.2 Å². The van der Waals surface area contributed by atoms with Gasteiger partial charge in [0, 0.05) is 11.7 Å². The molecule has 3 N–H and O–H groups in total. The molecule has 2 aromatic rings. The second kappa shape index (κ2) is 11.3. The van der Waals surface area contributed by atoms with Gasteiger partial charge in [-0.1, -0.05) is 54.5 Å². The number of alkyl carbamates (subject to hydrolysis) is 1. The SMILES string of the molecule is C#CN(C(=O)C(CO)NC(=O)OC(C)(C)C)C(C(=O)Nc1ccccc1C)c1ccc(C)cc1. The van der Waals surface area contributed by atoms with Crippen LogP contribution in [-0.4, -0.2) is 46.2 Å². The lowest BCUT2D eigenvalue weighted by Gasteiger charge is -2.30. The van der Waals surface area contributed by atoms with Gasteiger partial charge in [-0.25, -0.2) is 4.79 Å². The van der Waals surface area contributed by atoms with Gasteiger partial charge in [0.1, 0.15) is 17.7 Å². The number of hydrogen-bond donors (Lipinski definition) is 3. The Morgan fingerprint density at radius 3 is 2.24 bits per heavy atom. The first-order chi connectivity index (χ1) is 16.0. The highest BCUT2D eigenvalue weighted by Crippen LogP contribution is 2.25. The van der Waals surface area contributed by atoms with Gasteiger partial charge in [0.2, 0.25) is 0 Å². The Balaban J connectivity index is 2.40. The number of aryl methyl sites for hydroxylation is 2. The number of nitrogens with zero attached hydrogens (tertiary/aromatic N) is 1. The number of rotatable bonds is 7. The van der Waals surface area contributed by atoms with Crippen LogP contribution in [0, 0.1) is 26.3 Å². The summed E-state index contributed by atoms with van der Waals surface area (Å²) in [7, 11) is 0. The number of aliphatic hydroxyl groups excluding tert-OH is 1. The molecule has 0 spiro atoms. The van der Waals surface area contributed by atoms with Gasteiger partial charge < -0.3 is 20.5 Å². The number of benzene rings is 2. The van der Waals surface area contributed by atoms with Crippen LogP contribution in [0.1, 0.15) is 43.5 Å². The zero-order valence-corrected chi connectivity index (χ0v) is 20.1. The molecule has 0 aliphatic rings. The summed E-state index contributed by atoms with van der Waals surface area (Å²) in [6, 6.07) is 13.8.